The van der Waals surface area contributed by atoms with Crippen molar-refractivity contribution >= 4 is 58.3 Å². The summed E-state index contributed by atoms with van der Waals surface area (Å²) < 4.78 is 0. The van der Waals surface area contributed by atoms with Crippen molar-refractivity contribution in [3.8, 4) is 0 Å². The molecule has 3 aromatic carbocycles. The van der Waals surface area contributed by atoms with Gasteiger partial charge in [-0.25, -0.2) is 9.97 Å². The first-order valence-electron chi connectivity index (χ1n) is 23.7. The van der Waals surface area contributed by atoms with Gasteiger partial charge in [0.2, 0.25) is 41.4 Å². The van der Waals surface area contributed by atoms with E-state index in [1.165, 1.54) is 9.80 Å². The molecular formula is C50H60N14O6. The van der Waals surface area contributed by atoms with Crippen LogP contribution in [0.5, 0.6) is 0 Å². The highest BCUT2D eigenvalue weighted by Crippen LogP contribution is 2.29. The summed E-state index contributed by atoms with van der Waals surface area (Å²) in [6.45, 7) is 0.526. The molecule has 12 N–H and O–H groups in total. The minimum Gasteiger partial charge on any atom is -0.370 e. The van der Waals surface area contributed by atoms with Crippen molar-refractivity contribution in [2.24, 2.45) is 22.2 Å². The normalized spacial score (nSPS) is 23.4. The Hall–Kier alpha value is -7.87. The fourth-order valence-corrected chi connectivity index (χ4v) is 9.53. The largest absolute Gasteiger partial charge is 0.370 e. The van der Waals surface area contributed by atoms with Crippen molar-refractivity contribution in [3.63, 3.8) is 0 Å². The highest BCUT2D eigenvalue weighted by Gasteiger charge is 2.46. The molecule has 20 nitrogen and oxygen atoms in total. The number of carbonyl (C=O) groups excluding carboxylic acids is 6. The number of aromatic amines is 1. The van der Waals surface area contributed by atoms with Crippen LogP contribution in [0, 0.1) is 0 Å². The number of nitrogens with zero attached hydrogens (tertiary/aromatic N) is 5. The molecule has 3 aliphatic heterocycles. The number of hydrogen-bond donors (Lipinski definition) is 9. The number of benzene rings is 3. The van der Waals surface area contributed by atoms with Gasteiger partial charge in [0, 0.05) is 81.0 Å². The summed E-state index contributed by atoms with van der Waals surface area (Å²) in [6, 6.07) is 18.1. The zero-order chi connectivity index (χ0) is 49.1. The van der Waals surface area contributed by atoms with Crippen molar-refractivity contribution < 1.29 is 28.8 Å². The molecule has 0 saturated carbocycles. The molecule has 0 unspecified atom stereocenters. The Labute approximate surface area is 405 Å². The molecule has 0 radical (unpaired) electrons. The molecule has 0 bridgehead atoms. The molecule has 70 heavy (non-hydrogen) atoms. The van der Waals surface area contributed by atoms with Crippen LogP contribution in [0.4, 0.5) is 5.95 Å². The van der Waals surface area contributed by atoms with Gasteiger partial charge in [0.15, 0.2) is 5.96 Å². The number of amides is 6. The van der Waals surface area contributed by atoms with Crippen molar-refractivity contribution in [1.29, 1.82) is 0 Å². The quantitative estimate of drug-likeness (QED) is 0.0444. The van der Waals surface area contributed by atoms with E-state index in [4.69, 9.17) is 17.2 Å². The van der Waals surface area contributed by atoms with Gasteiger partial charge in [-0.1, -0.05) is 72.8 Å². The van der Waals surface area contributed by atoms with Crippen LogP contribution in [-0.2, 0) is 54.6 Å². The van der Waals surface area contributed by atoms with E-state index >= 15 is 4.79 Å². The lowest BCUT2D eigenvalue weighted by Gasteiger charge is -2.40. The van der Waals surface area contributed by atoms with E-state index < -0.39 is 77.7 Å². The third-order valence-electron chi connectivity index (χ3n) is 13.1. The summed E-state index contributed by atoms with van der Waals surface area (Å²) in [6.07, 6.45) is 6.00. The van der Waals surface area contributed by atoms with E-state index in [1.54, 1.807) is 24.7 Å². The van der Waals surface area contributed by atoms with E-state index in [2.05, 4.69) is 46.5 Å². The number of anilines is 1. The lowest BCUT2D eigenvalue weighted by atomic mass is 9.92. The lowest BCUT2D eigenvalue weighted by Crippen LogP contribution is -2.63. The molecule has 8 rings (SSSR count). The average Bonchev–Trinajstić information content (AvgIpc) is 3.97. The molecule has 7 atom stereocenters. The molecular weight excluding hydrogens is 893 g/mol. The predicted molar refractivity (Wildman–Crippen MR) is 262 cm³/mol. The highest BCUT2D eigenvalue weighted by molar-refractivity contribution is 5.99. The Kier molecular flexibility index (Phi) is 15.6. The molecule has 5 heterocycles. The Morgan fingerprint density at radius 2 is 1.31 bits per heavy atom. The maximum Gasteiger partial charge on any atom is 0.246 e. The van der Waals surface area contributed by atoms with Crippen molar-refractivity contribution in [3.05, 3.63) is 126 Å². The number of hydrogen-bond acceptors (Lipinski definition) is 11. The van der Waals surface area contributed by atoms with Crippen molar-refractivity contribution in [2.45, 2.75) is 100 Å². The van der Waals surface area contributed by atoms with E-state index in [0.717, 1.165) is 27.6 Å². The second-order valence-corrected chi connectivity index (χ2v) is 18.0. The molecule has 2 saturated heterocycles. The minimum absolute atomic E-state index is 0.00221. The summed E-state index contributed by atoms with van der Waals surface area (Å²) >= 11 is 0. The lowest BCUT2D eigenvalue weighted by molar-refractivity contribution is -0.150. The second-order valence-electron chi connectivity index (χ2n) is 18.0. The molecule has 0 spiro atoms. The van der Waals surface area contributed by atoms with Crippen LogP contribution in [0.25, 0.3) is 10.9 Å². The van der Waals surface area contributed by atoms with Gasteiger partial charge in [0.1, 0.15) is 36.3 Å². The maximum atomic E-state index is 15.1. The molecule has 3 aliphatic rings. The summed E-state index contributed by atoms with van der Waals surface area (Å²) in [5.41, 5.74) is 21.7. The zero-order valence-electron chi connectivity index (χ0n) is 38.8. The topological polar surface area (TPSA) is 301 Å². The average molecular weight is 953 g/mol. The van der Waals surface area contributed by atoms with Gasteiger partial charge in [-0.2, -0.15) is 0 Å². The third-order valence-corrected chi connectivity index (χ3v) is 13.1. The Bertz CT molecular complexity index is 2700. The fraction of sp³-hybridized carbons (Fsp3) is 0.380. The molecule has 2 fully saturated rings. The Balaban J connectivity index is 1.19. The third kappa shape index (κ3) is 11.9. The van der Waals surface area contributed by atoms with Crippen LogP contribution in [0.3, 0.4) is 0 Å². The number of rotatable bonds is 13. The summed E-state index contributed by atoms with van der Waals surface area (Å²) in [7, 11) is 0. The van der Waals surface area contributed by atoms with E-state index in [9.17, 15) is 24.0 Å². The number of aromatic nitrogens is 3. The van der Waals surface area contributed by atoms with Crippen molar-refractivity contribution in [2.75, 3.05) is 25.0 Å². The summed E-state index contributed by atoms with van der Waals surface area (Å²) in [5.74, 6) is -3.40. The molecule has 20 heteroatoms. The van der Waals surface area contributed by atoms with Gasteiger partial charge in [-0.05, 0) is 66.5 Å². The van der Waals surface area contributed by atoms with Crippen molar-refractivity contribution in [1.82, 2.24) is 46.0 Å². The first kappa shape index (κ1) is 48.6. The van der Waals surface area contributed by atoms with Gasteiger partial charge in [-0.15, -0.1) is 0 Å². The monoisotopic (exact) mass is 952 g/mol. The van der Waals surface area contributed by atoms with Gasteiger partial charge in [-0.3, -0.25) is 33.8 Å². The molecule has 2 aromatic heterocycles. The number of para-hydroxylation sites is 1. The number of fused-ring (bicyclic) bond motifs is 4. The smallest absolute Gasteiger partial charge is 0.246 e. The number of carbonyl (C=O) groups is 6. The standard InChI is InChI=1S/C50H60N14O6/c51-34-26-42-48(70)63-28-32-14-5-4-13-31(32)25-41(63)46(68)59-37(17-8-20-55-50-56-21-10-22-57-50)43(65)61-39(23-30-11-2-1-3-12-30)44(66)62-40(24-33-27-58-36-16-7-6-15-35(33)36)45(67)60-38(47(69)64(42)29-34)18-9-19-54-49(52)53/h1-7,10-16,21-22,27,34,37-42,58H,8-9,17-20,23-26,28-29,51H2,(H,59,68)(H,60,67)(H,61,65)(H,62,66)(H4,52,53,54)(H,55,56,57)/t34-,37+,38+,39-,40+,41+,42-/m1/s1. The van der Waals surface area contributed by atoms with Gasteiger partial charge in [0.05, 0.1) is 0 Å². The number of aliphatic imine (C=N–C) groups is 1. The maximum absolute atomic E-state index is 15.1. The predicted octanol–water partition coefficient (Wildman–Crippen LogP) is 0.524. The van der Waals surface area contributed by atoms with E-state index in [0.29, 0.717) is 24.5 Å². The van der Waals surface area contributed by atoms with Crippen LogP contribution in [0.2, 0.25) is 0 Å². The van der Waals surface area contributed by atoms with Crippen LogP contribution in [0.15, 0.2) is 109 Å². The molecule has 6 amide bonds. The second kappa shape index (κ2) is 22.5. The Morgan fingerprint density at radius 1 is 0.671 bits per heavy atom. The van der Waals surface area contributed by atoms with Gasteiger partial charge >= 0.3 is 0 Å². The number of guanidine groups is 1. The molecule has 366 valence electrons. The van der Waals surface area contributed by atoms with Crippen LogP contribution in [-0.4, -0.2) is 128 Å². The minimum atomic E-state index is -1.28. The van der Waals surface area contributed by atoms with E-state index in [1.807, 2.05) is 78.9 Å². The van der Waals surface area contributed by atoms with Crippen LogP contribution < -0.4 is 43.8 Å². The SMILES string of the molecule is NC(N)=NCCC[C@@H]1NC(=O)[C@H](Cc2c[nH]c3ccccc23)NC(=O)[C@@H](Cc2ccccc2)NC(=O)[C@H](CCCNc2ncccn2)NC(=O)[C@@H]2Cc3ccccc3CN2C(=O)[C@H]2C[C@@H](N)CN2C1=O. The van der Waals surface area contributed by atoms with Crippen LogP contribution in [0.1, 0.15) is 54.4 Å². The highest BCUT2D eigenvalue weighted by atomic mass is 16.2. The summed E-state index contributed by atoms with van der Waals surface area (Å²) in [5, 5.41) is 15.7. The molecule has 5 aromatic rings. The van der Waals surface area contributed by atoms with E-state index in [-0.39, 0.29) is 70.5 Å². The Morgan fingerprint density at radius 3 is 2.07 bits per heavy atom. The van der Waals surface area contributed by atoms with Gasteiger partial charge in [0.25, 0.3) is 0 Å². The van der Waals surface area contributed by atoms with Gasteiger partial charge < -0.3 is 58.6 Å². The summed E-state index contributed by atoms with van der Waals surface area (Å²) in [4.78, 5) is 108. The number of H-pyrrole nitrogens is 1. The fourth-order valence-electron chi connectivity index (χ4n) is 9.53. The number of nitrogens with two attached hydrogens (primary N) is 3. The zero-order valence-corrected chi connectivity index (χ0v) is 38.8. The number of nitrogens with one attached hydrogen (secondary N) is 6. The first-order valence-corrected chi connectivity index (χ1v) is 23.7. The van der Waals surface area contributed by atoms with Crippen LogP contribution >= 0.6 is 0 Å². The first-order chi connectivity index (χ1) is 33.9. The molecule has 0 aliphatic carbocycles.